The number of nitrogens with one attached hydrogen (secondary N) is 1. The van der Waals surface area contributed by atoms with Crippen molar-refractivity contribution in [2.75, 3.05) is 32.0 Å². The van der Waals surface area contributed by atoms with E-state index in [9.17, 15) is 8.42 Å². The van der Waals surface area contributed by atoms with E-state index in [1.165, 1.54) is 0 Å². The summed E-state index contributed by atoms with van der Waals surface area (Å²) in [5, 5.41) is 3.28. The number of ether oxygens (including phenoxy) is 1. The lowest BCUT2D eigenvalue weighted by molar-refractivity contribution is 0.294. The topological polar surface area (TPSA) is 83.9 Å². The third kappa shape index (κ3) is 5.57. The van der Waals surface area contributed by atoms with E-state index < -0.39 is 14.6 Å². The third-order valence-corrected chi connectivity index (χ3v) is 7.20. The zero-order valence-corrected chi connectivity index (χ0v) is 17.7. The Morgan fingerprint density at radius 1 is 1.41 bits per heavy atom. The number of aliphatic imine (C=N–C) groups is 1. The first kappa shape index (κ1) is 21.5. The summed E-state index contributed by atoms with van der Waals surface area (Å²) in [4.78, 5) is 11.1. The largest absolute Gasteiger partial charge is 0.477 e. The highest BCUT2D eigenvalue weighted by atomic mass is 32.2. The number of pyridine rings is 1. The van der Waals surface area contributed by atoms with Gasteiger partial charge in [0.25, 0.3) is 0 Å². The fourth-order valence-electron chi connectivity index (χ4n) is 2.90. The maximum atomic E-state index is 12.3. The van der Waals surface area contributed by atoms with Crippen LogP contribution < -0.4 is 10.1 Å². The van der Waals surface area contributed by atoms with Gasteiger partial charge in [0.2, 0.25) is 5.88 Å². The van der Waals surface area contributed by atoms with Crippen LogP contribution in [0.4, 0.5) is 0 Å². The van der Waals surface area contributed by atoms with Crippen molar-refractivity contribution in [3.63, 3.8) is 0 Å². The summed E-state index contributed by atoms with van der Waals surface area (Å²) in [5.41, 5.74) is 0.924. The van der Waals surface area contributed by atoms with Crippen LogP contribution in [-0.4, -0.2) is 61.0 Å². The number of aromatic nitrogens is 1. The van der Waals surface area contributed by atoms with Crippen molar-refractivity contribution >= 4 is 15.8 Å². The Kier molecular flexibility index (Phi) is 7.47. The third-order valence-electron chi connectivity index (χ3n) is 4.66. The van der Waals surface area contributed by atoms with Crippen molar-refractivity contribution in [1.29, 1.82) is 0 Å². The van der Waals surface area contributed by atoms with Crippen LogP contribution in [0.25, 0.3) is 0 Å². The summed E-state index contributed by atoms with van der Waals surface area (Å²) in [6.07, 6.45) is 3.77. The summed E-state index contributed by atoms with van der Waals surface area (Å²) >= 11 is 0. The molecule has 1 saturated heterocycles. The van der Waals surface area contributed by atoms with Crippen LogP contribution in [0.3, 0.4) is 0 Å². The normalized spacial score (nSPS) is 19.0. The van der Waals surface area contributed by atoms with Crippen LogP contribution in [0.1, 0.15) is 46.1 Å². The number of unbranched alkanes of at least 4 members (excludes halogenated alkanes) is 1. The van der Waals surface area contributed by atoms with E-state index >= 15 is 0 Å². The second kappa shape index (κ2) is 9.39. The minimum absolute atomic E-state index is 0.142. The van der Waals surface area contributed by atoms with Crippen molar-refractivity contribution in [2.45, 2.75) is 51.8 Å². The van der Waals surface area contributed by atoms with E-state index in [2.05, 4.69) is 17.2 Å². The Hall–Kier alpha value is -1.83. The molecule has 1 N–H and O–H groups in total. The minimum Gasteiger partial charge on any atom is -0.477 e. The lowest BCUT2D eigenvalue weighted by Crippen LogP contribution is -2.57. The smallest absolute Gasteiger partial charge is 0.218 e. The van der Waals surface area contributed by atoms with Crippen molar-refractivity contribution in [3.8, 4) is 5.88 Å². The SMILES string of the molecule is CCCCOc1ncccc1CN=C(NCC)N1CCS(=O)(=O)C(C)(C)C1. The van der Waals surface area contributed by atoms with Gasteiger partial charge in [-0.15, -0.1) is 0 Å². The Bertz CT molecular complexity index is 747. The monoisotopic (exact) mass is 396 g/mol. The van der Waals surface area contributed by atoms with E-state index in [-0.39, 0.29) is 5.75 Å². The Morgan fingerprint density at radius 3 is 2.85 bits per heavy atom. The molecule has 0 unspecified atom stereocenters. The molecule has 2 rings (SSSR count). The van der Waals surface area contributed by atoms with Gasteiger partial charge in [-0.05, 0) is 33.3 Å². The average molecular weight is 397 g/mol. The molecule has 0 spiro atoms. The van der Waals surface area contributed by atoms with Gasteiger partial charge in [0.15, 0.2) is 15.8 Å². The average Bonchev–Trinajstić information content (AvgIpc) is 2.62. The van der Waals surface area contributed by atoms with Gasteiger partial charge in [-0.1, -0.05) is 19.4 Å². The van der Waals surface area contributed by atoms with Gasteiger partial charge in [0.1, 0.15) is 0 Å². The van der Waals surface area contributed by atoms with Gasteiger partial charge >= 0.3 is 0 Å². The van der Waals surface area contributed by atoms with Crippen molar-refractivity contribution < 1.29 is 13.2 Å². The van der Waals surface area contributed by atoms with Crippen molar-refractivity contribution in [2.24, 2.45) is 4.99 Å². The molecule has 0 bridgehead atoms. The number of sulfone groups is 1. The van der Waals surface area contributed by atoms with Crippen LogP contribution >= 0.6 is 0 Å². The molecular weight excluding hydrogens is 364 g/mol. The van der Waals surface area contributed by atoms with Crippen LogP contribution in [0.5, 0.6) is 5.88 Å². The second-order valence-corrected chi connectivity index (χ2v) is 10.1. The number of hydrogen-bond donors (Lipinski definition) is 1. The number of rotatable bonds is 7. The summed E-state index contributed by atoms with van der Waals surface area (Å²) < 4.78 is 29.5. The van der Waals surface area contributed by atoms with E-state index in [1.807, 2.05) is 24.0 Å². The molecule has 27 heavy (non-hydrogen) atoms. The van der Waals surface area contributed by atoms with Gasteiger partial charge in [0.05, 0.1) is 23.7 Å². The first-order valence-corrected chi connectivity index (χ1v) is 11.3. The predicted molar refractivity (Wildman–Crippen MR) is 109 cm³/mol. The van der Waals surface area contributed by atoms with E-state index in [1.54, 1.807) is 20.0 Å². The van der Waals surface area contributed by atoms with Gasteiger partial charge in [0, 0.05) is 31.4 Å². The molecule has 0 radical (unpaired) electrons. The second-order valence-electron chi connectivity index (χ2n) is 7.34. The molecule has 0 amide bonds. The maximum absolute atomic E-state index is 12.3. The lowest BCUT2D eigenvalue weighted by Gasteiger charge is -2.39. The number of hydrogen-bond acceptors (Lipinski definition) is 5. The van der Waals surface area contributed by atoms with Gasteiger partial charge < -0.3 is 15.0 Å². The fraction of sp³-hybridized carbons (Fsp3) is 0.684. The summed E-state index contributed by atoms with van der Waals surface area (Å²) in [5.74, 6) is 1.49. The molecule has 1 aliphatic rings. The molecule has 0 aliphatic carbocycles. The van der Waals surface area contributed by atoms with E-state index in [0.717, 1.165) is 30.9 Å². The Labute approximate surface area is 163 Å². The Balaban J connectivity index is 2.15. The van der Waals surface area contributed by atoms with Gasteiger partial charge in [-0.2, -0.15) is 0 Å². The standard InChI is InChI=1S/C19H32N4O3S/c1-5-7-12-26-17-16(9-8-10-21-17)14-22-18(20-6-2)23-11-13-27(24,25)19(3,4)15-23/h8-10H,5-7,11-15H2,1-4H3,(H,20,22). The molecule has 8 heteroatoms. The molecule has 1 aromatic rings. The highest BCUT2D eigenvalue weighted by Crippen LogP contribution is 2.24. The molecule has 0 saturated carbocycles. The number of nitrogens with zero attached hydrogens (tertiary/aromatic N) is 3. The van der Waals surface area contributed by atoms with E-state index in [4.69, 9.17) is 9.73 Å². The molecule has 0 aromatic carbocycles. The molecule has 1 aliphatic heterocycles. The minimum atomic E-state index is -3.08. The highest BCUT2D eigenvalue weighted by Gasteiger charge is 2.40. The molecule has 0 atom stereocenters. The zero-order valence-electron chi connectivity index (χ0n) is 16.9. The zero-order chi connectivity index (χ0) is 19.9. The Morgan fingerprint density at radius 2 is 2.19 bits per heavy atom. The van der Waals surface area contributed by atoms with Crippen molar-refractivity contribution in [3.05, 3.63) is 23.9 Å². The first-order valence-electron chi connectivity index (χ1n) is 9.63. The molecule has 2 heterocycles. The lowest BCUT2D eigenvalue weighted by atomic mass is 10.2. The van der Waals surface area contributed by atoms with Gasteiger partial charge in [-0.25, -0.2) is 18.4 Å². The summed E-state index contributed by atoms with van der Waals surface area (Å²) in [7, 11) is -3.08. The number of guanidine groups is 1. The highest BCUT2D eigenvalue weighted by molar-refractivity contribution is 7.92. The molecule has 1 fully saturated rings. The van der Waals surface area contributed by atoms with Crippen LogP contribution in [0.2, 0.25) is 0 Å². The van der Waals surface area contributed by atoms with Crippen molar-refractivity contribution in [1.82, 2.24) is 15.2 Å². The molecule has 7 nitrogen and oxygen atoms in total. The predicted octanol–water partition coefficient (Wildman–Crippen LogP) is 2.24. The molecular formula is C19H32N4O3S. The molecule has 1 aromatic heterocycles. The van der Waals surface area contributed by atoms with Crippen LogP contribution in [0.15, 0.2) is 23.3 Å². The maximum Gasteiger partial charge on any atom is 0.218 e. The quantitative estimate of drug-likeness (QED) is 0.432. The first-order chi connectivity index (χ1) is 12.8. The van der Waals surface area contributed by atoms with E-state index in [0.29, 0.717) is 32.1 Å². The summed E-state index contributed by atoms with van der Waals surface area (Å²) in [6, 6.07) is 3.84. The molecule has 152 valence electrons. The van der Waals surface area contributed by atoms with Crippen LogP contribution in [-0.2, 0) is 16.4 Å². The van der Waals surface area contributed by atoms with Gasteiger partial charge in [-0.3, -0.25) is 0 Å². The fourth-order valence-corrected chi connectivity index (χ4v) is 4.26. The summed E-state index contributed by atoms with van der Waals surface area (Å²) in [6.45, 7) is 10.3. The van der Waals surface area contributed by atoms with Crippen LogP contribution in [0, 0.1) is 0 Å².